The lowest BCUT2D eigenvalue weighted by atomic mass is 9.96. The van der Waals surface area contributed by atoms with Crippen molar-refractivity contribution in [1.82, 2.24) is 14.7 Å². The normalized spacial score (nSPS) is 16.7. The van der Waals surface area contributed by atoms with Crippen molar-refractivity contribution in [1.29, 1.82) is 0 Å². The Morgan fingerprint density at radius 1 is 1.35 bits per heavy atom. The van der Waals surface area contributed by atoms with Gasteiger partial charge >= 0.3 is 5.82 Å². The van der Waals surface area contributed by atoms with E-state index in [-0.39, 0.29) is 11.5 Å². The maximum absolute atomic E-state index is 11.2. The van der Waals surface area contributed by atoms with Crippen LogP contribution in [0.5, 0.6) is 0 Å². The van der Waals surface area contributed by atoms with E-state index in [0.717, 1.165) is 36.9 Å². The van der Waals surface area contributed by atoms with Crippen molar-refractivity contribution in [2.24, 2.45) is 4.99 Å². The highest BCUT2D eigenvalue weighted by molar-refractivity contribution is 6.30. The third-order valence-corrected chi connectivity index (χ3v) is 4.09. The summed E-state index contributed by atoms with van der Waals surface area (Å²) < 4.78 is 0. The largest absolute Gasteiger partial charge is 0.438 e. The van der Waals surface area contributed by atoms with Gasteiger partial charge in [0.25, 0.3) is 5.49 Å². The fraction of sp³-hybridized carbons (Fsp3) is 0.429. The van der Waals surface area contributed by atoms with Gasteiger partial charge in [-0.2, -0.15) is 0 Å². The molecule has 0 bridgehead atoms. The molecular formula is C14H16ClN5O3. The van der Waals surface area contributed by atoms with Crippen LogP contribution in [0.3, 0.4) is 0 Å². The third kappa shape index (κ3) is 3.21. The Kier molecular flexibility index (Phi) is 4.33. The van der Waals surface area contributed by atoms with E-state index in [1.165, 1.54) is 0 Å². The van der Waals surface area contributed by atoms with Crippen LogP contribution in [0.2, 0.25) is 5.02 Å². The SMILES string of the molecule is O=[N+]([O-])c1nn(-c2cccc(Cl)c2)n(O)c1=NC1CCCCC1. The van der Waals surface area contributed by atoms with Crippen LogP contribution in [-0.4, -0.2) is 30.9 Å². The van der Waals surface area contributed by atoms with Crippen molar-refractivity contribution >= 4 is 17.4 Å². The van der Waals surface area contributed by atoms with E-state index in [1.807, 2.05) is 0 Å². The first-order valence-corrected chi connectivity index (χ1v) is 7.80. The number of hydrogen-bond acceptors (Lipinski definition) is 5. The van der Waals surface area contributed by atoms with E-state index < -0.39 is 10.7 Å². The van der Waals surface area contributed by atoms with Gasteiger partial charge in [0.15, 0.2) is 0 Å². The maximum atomic E-state index is 11.2. The highest BCUT2D eigenvalue weighted by atomic mass is 35.5. The first-order valence-electron chi connectivity index (χ1n) is 7.42. The summed E-state index contributed by atoms with van der Waals surface area (Å²) in [6.45, 7) is 0. The molecular weight excluding hydrogens is 322 g/mol. The average Bonchev–Trinajstić information content (AvgIpc) is 2.86. The lowest BCUT2D eigenvalue weighted by Gasteiger charge is -2.16. The lowest BCUT2D eigenvalue weighted by Crippen LogP contribution is -2.25. The monoisotopic (exact) mass is 337 g/mol. The summed E-state index contributed by atoms with van der Waals surface area (Å²) in [6, 6.07) is 6.49. The van der Waals surface area contributed by atoms with E-state index in [4.69, 9.17) is 11.6 Å². The van der Waals surface area contributed by atoms with Gasteiger partial charge in [0.1, 0.15) is 5.69 Å². The lowest BCUT2D eigenvalue weighted by molar-refractivity contribution is -0.391. The molecule has 2 aromatic rings. The minimum Gasteiger partial charge on any atom is -0.409 e. The minimum absolute atomic E-state index is 0.0298. The van der Waals surface area contributed by atoms with Crippen molar-refractivity contribution in [3.8, 4) is 5.69 Å². The first-order chi connectivity index (χ1) is 11.1. The second-order valence-electron chi connectivity index (χ2n) is 5.48. The van der Waals surface area contributed by atoms with Gasteiger partial charge in [-0.1, -0.05) is 41.8 Å². The van der Waals surface area contributed by atoms with Gasteiger partial charge in [0, 0.05) is 5.02 Å². The Hall–Kier alpha value is -2.35. The molecule has 0 radical (unpaired) electrons. The molecule has 8 nitrogen and oxygen atoms in total. The zero-order valence-corrected chi connectivity index (χ0v) is 13.1. The third-order valence-electron chi connectivity index (χ3n) is 3.85. The molecule has 1 aliphatic carbocycles. The molecule has 1 N–H and O–H groups in total. The van der Waals surface area contributed by atoms with Crippen LogP contribution in [0.25, 0.3) is 5.69 Å². The van der Waals surface area contributed by atoms with E-state index >= 15 is 0 Å². The van der Waals surface area contributed by atoms with Crippen molar-refractivity contribution < 1.29 is 10.1 Å². The first kappa shape index (κ1) is 15.5. The number of halogens is 1. The standard InChI is InChI=1S/C14H16ClN5O3/c15-10-5-4-8-12(9-10)18-17-14(20(22)23)13(19(18)21)16-11-6-2-1-3-7-11/h4-5,8-9,11,21H,1-3,6-7H2. The van der Waals surface area contributed by atoms with Crippen LogP contribution < -0.4 is 5.49 Å². The highest BCUT2D eigenvalue weighted by Gasteiger charge is 2.25. The smallest absolute Gasteiger partial charge is 0.409 e. The Morgan fingerprint density at radius 2 is 2.09 bits per heavy atom. The van der Waals surface area contributed by atoms with Crippen LogP contribution in [0.4, 0.5) is 5.82 Å². The molecule has 0 saturated heterocycles. The van der Waals surface area contributed by atoms with Gasteiger partial charge in [-0.15, -0.1) is 0 Å². The number of benzene rings is 1. The van der Waals surface area contributed by atoms with Crippen LogP contribution in [0, 0.1) is 10.1 Å². The van der Waals surface area contributed by atoms with Crippen molar-refractivity contribution in [3.63, 3.8) is 0 Å². The Labute approximate surface area is 136 Å². The molecule has 23 heavy (non-hydrogen) atoms. The number of hydrogen-bond donors (Lipinski definition) is 1. The second-order valence-corrected chi connectivity index (χ2v) is 5.92. The summed E-state index contributed by atoms with van der Waals surface area (Å²) >= 11 is 5.92. The molecule has 1 aromatic carbocycles. The Balaban J connectivity index is 2.11. The number of aromatic nitrogens is 3. The summed E-state index contributed by atoms with van der Waals surface area (Å²) in [5.41, 5.74) is 0.273. The van der Waals surface area contributed by atoms with E-state index in [1.54, 1.807) is 24.3 Å². The minimum atomic E-state index is -0.643. The summed E-state index contributed by atoms with van der Waals surface area (Å²) in [4.78, 5) is 16.6. The molecule has 9 heteroatoms. The molecule has 1 saturated carbocycles. The molecule has 0 atom stereocenters. The predicted molar refractivity (Wildman–Crippen MR) is 82.8 cm³/mol. The van der Waals surface area contributed by atoms with E-state index in [2.05, 4.69) is 10.1 Å². The Bertz CT molecular complexity index is 792. The van der Waals surface area contributed by atoms with Gasteiger partial charge in [0.2, 0.25) is 0 Å². The molecule has 1 heterocycles. The van der Waals surface area contributed by atoms with E-state index in [0.29, 0.717) is 15.6 Å². The van der Waals surface area contributed by atoms with Gasteiger partial charge in [-0.05, 0) is 40.8 Å². The molecule has 1 aromatic heterocycles. The number of nitrogens with zero attached hydrogens (tertiary/aromatic N) is 5. The molecule has 0 amide bonds. The van der Waals surface area contributed by atoms with Gasteiger partial charge in [-0.25, -0.2) is 0 Å². The van der Waals surface area contributed by atoms with Crippen LogP contribution in [0.15, 0.2) is 29.3 Å². The average molecular weight is 338 g/mol. The fourth-order valence-corrected chi connectivity index (χ4v) is 2.92. The summed E-state index contributed by atoms with van der Waals surface area (Å²) in [5.74, 6) is -0.474. The highest BCUT2D eigenvalue weighted by Crippen LogP contribution is 2.20. The van der Waals surface area contributed by atoms with Gasteiger partial charge in [0.05, 0.1) is 11.1 Å². The molecule has 3 rings (SSSR count). The molecule has 0 unspecified atom stereocenters. The maximum Gasteiger partial charge on any atom is 0.438 e. The Morgan fingerprint density at radius 3 is 2.74 bits per heavy atom. The van der Waals surface area contributed by atoms with Gasteiger partial charge in [-0.3, -0.25) is 4.99 Å². The summed E-state index contributed by atoms with van der Waals surface area (Å²) in [6.07, 6.45) is 4.94. The quantitative estimate of drug-likeness (QED) is 0.528. The van der Waals surface area contributed by atoms with Gasteiger partial charge < -0.3 is 15.3 Å². The number of rotatable bonds is 3. The topological polar surface area (TPSA) is 98.5 Å². The fourth-order valence-electron chi connectivity index (χ4n) is 2.73. The van der Waals surface area contributed by atoms with Crippen molar-refractivity contribution in [3.05, 3.63) is 44.9 Å². The molecule has 0 spiro atoms. The van der Waals surface area contributed by atoms with Crippen LogP contribution in [0.1, 0.15) is 32.1 Å². The van der Waals surface area contributed by atoms with Crippen LogP contribution >= 0.6 is 11.6 Å². The molecule has 122 valence electrons. The summed E-state index contributed by atoms with van der Waals surface area (Å²) in [5, 5.41) is 25.9. The summed E-state index contributed by atoms with van der Waals surface area (Å²) in [7, 11) is 0. The molecule has 1 aliphatic rings. The second kappa shape index (κ2) is 6.41. The van der Waals surface area contributed by atoms with Crippen molar-refractivity contribution in [2.75, 3.05) is 0 Å². The van der Waals surface area contributed by atoms with Crippen molar-refractivity contribution in [2.45, 2.75) is 38.1 Å². The molecule has 1 fully saturated rings. The molecule has 0 aliphatic heterocycles. The zero-order valence-electron chi connectivity index (χ0n) is 12.3. The number of nitro groups is 1. The van der Waals surface area contributed by atoms with Crippen LogP contribution in [-0.2, 0) is 0 Å². The predicted octanol–water partition coefficient (Wildman–Crippen LogP) is 2.71. The zero-order chi connectivity index (χ0) is 16.4. The van der Waals surface area contributed by atoms with E-state index in [9.17, 15) is 15.3 Å².